The second kappa shape index (κ2) is 8.01. The first-order valence-electron chi connectivity index (χ1n) is 9.52. The molecule has 4 aromatic rings. The molecule has 5 nitrogen and oxygen atoms in total. The van der Waals surface area contributed by atoms with E-state index in [0.717, 1.165) is 27.4 Å². The number of hydrogen-bond donors (Lipinski definition) is 1. The number of carbonyl (C=O) groups is 1. The van der Waals surface area contributed by atoms with Gasteiger partial charge in [0.25, 0.3) is 5.91 Å². The lowest BCUT2D eigenvalue weighted by molar-refractivity contribution is 0.102. The van der Waals surface area contributed by atoms with Crippen LogP contribution in [0.1, 0.15) is 36.1 Å². The van der Waals surface area contributed by atoms with Crippen LogP contribution in [-0.2, 0) is 0 Å². The lowest BCUT2D eigenvalue weighted by atomic mass is 10.1. The molecule has 6 heteroatoms. The normalized spacial score (nSPS) is 11.0. The van der Waals surface area contributed by atoms with E-state index in [1.54, 1.807) is 6.07 Å². The van der Waals surface area contributed by atoms with Gasteiger partial charge in [0.2, 0.25) is 0 Å². The molecule has 2 aromatic carbocycles. The number of hydrogen-bond acceptors (Lipinski definition) is 4. The number of benzene rings is 2. The minimum Gasteiger partial charge on any atom is -0.296 e. The molecule has 29 heavy (non-hydrogen) atoms. The zero-order chi connectivity index (χ0) is 20.4. The largest absolute Gasteiger partial charge is 0.296 e. The van der Waals surface area contributed by atoms with Gasteiger partial charge in [0.05, 0.1) is 10.6 Å². The lowest BCUT2D eigenvalue weighted by Gasteiger charge is -2.06. The molecule has 0 fully saturated rings. The van der Waals surface area contributed by atoms with Gasteiger partial charge in [0.1, 0.15) is 0 Å². The lowest BCUT2D eigenvalue weighted by Crippen LogP contribution is -2.13. The van der Waals surface area contributed by atoms with E-state index in [9.17, 15) is 4.79 Å². The number of nitrogens with zero attached hydrogens (tertiary/aromatic N) is 3. The Bertz CT molecular complexity index is 1070. The third-order valence-electron chi connectivity index (χ3n) is 4.58. The van der Waals surface area contributed by atoms with Crippen LogP contribution in [0.4, 0.5) is 5.13 Å². The molecule has 0 saturated carbocycles. The van der Waals surface area contributed by atoms with E-state index in [-0.39, 0.29) is 11.9 Å². The van der Waals surface area contributed by atoms with Gasteiger partial charge < -0.3 is 0 Å². The predicted octanol–water partition coefficient (Wildman–Crippen LogP) is 5.82. The molecule has 0 atom stereocenters. The van der Waals surface area contributed by atoms with Gasteiger partial charge >= 0.3 is 0 Å². The molecular formula is C23H22N4OS. The Hall–Kier alpha value is -3.25. The predicted molar refractivity (Wildman–Crippen MR) is 118 cm³/mol. The van der Waals surface area contributed by atoms with Gasteiger partial charge in [-0.2, -0.15) is 5.10 Å². The monoisotopic (exact) mass is 402 g/mol. The number of thiazole rings is 1. The summed E-state index contributed by atoms with van der Waals surface area (Å²) in [5, 5.41) is 7.92. The van der Waals surface area contributed by atoms with Crippen LogP contribution in [0.5, 0.6) is 0 Å². The molecule has 0 spiro atoms. The van der Waals surface area contributed by atoms with Gasteiger partial charge in [0, 0.05) is 17.3 Å². The number of aromatic nitrogens is 3. The molecule has 2 heterocycles. The summed E-state index contributed by atoms with van der Waals surface area (Å²) in [5.74, 6) is -0.250. The fraction of sp³-hybridized carbons (Fsp3) is 0.174. The summed E-state index contributed by atoms with van der Waals surface area (Å²) >= 11 is 1.47. The zero-order valence-corrected chi connectivity index (χ0v) is 17.4. The minimum absolute atomic E-state index is 0.200. The molecule has 0 aliphatic carbocycles. The van der Waals surface area contributed by atoms with E-state index < -0.39 is 0 Å². The van der Waals surface area contributed by atoms with Crippen LogP contribution >= 0.6 is 11.3 Å². The fourth-order valence-electron chi connectivity index (χ4n) is 3.23. The molecule has 0 radical (unpaired) electrons. The Morgan fingerprint density at radius 3 is 2.21 bits per heavy atom. The molecule has 0 aliphatic heterocycles. The van der Waals surface area contributed by atoms with Crippen molar-refractivity contribution < 1.29 is 4.79 Å². The molecule has 4 rings (SSSR count). The van der Waals surface area contributed by atoms with E-state index >= 15 is 0 Å². The Morgan fingerprint density at radius 1 is 1.00 bits per heavy atom. The van der Waals surface area contributed by atoms with Crippen LogP contribution in [0.3, 0.4) is 0 Å². The number of aryl methyl sites for hydroxylation is 1. The first kappa shape index (κ1) is 19.1. The van der Waals surface area contributed by atoms with Gasteiger partial charge in [-0.25, -0.2) is 4.98 Å². The number of amides is 1. The maximum absolute atomic E-state index is 12.8. The highest BCUT2D eigenvalue weighted by atomic mass is 32.1. The molecule has 0 saturated heterocycles. The van der Waals surface area contributed by atoms with Crippen molar-refractivity contribution in [3.63, 3.8) is 0 Å². The van der Waals surface area contributed by atoms with Crippen molar-refractivity contribution in [2.45, 2.75) is 26.8 Å². The van der Waals surface area contributed by atoms with E-state index in [0.29, 0.717) is 10.8 Å². The van der Waals surface area contributed by atoms with E-state index in [2.05, 4.69) is 22.5 Å². The van der Waals surface area contributed by atoms with E-state index in [4.69, 9.17) is 4.98 Å². The van der Waals surface area contributed by atoms with Crippen molar-refractivity contribution in [1.82, 2.24) is 14.8 Å². The first-order chi connectivity index (χ1) is 14.0. The van der Waals surface area contributed by atoms with E-state index in [1.807, 2.05) is 74.0 Å². The molecule has 1 N–H and O–H groups in total. The second-order valence-corrected chi connectivity index (χ2v) is 8.09. The highest BCUT2D eigenvalue weighted by Crippen LogP contribution is 2.39. The summed E-state index contributed by atoms with van der Waals surface area (Å²) in [7, 11) is 0. The van der Waals surface area contributed by atoms with Gasteiger partial charge in [-0.3, -0.25) is 14.8 Å². The summed E-state index contributed by atoms with van der Waals surface area (Å²) in [4.78, 5) is 18.5. The number of carbonyl (C=O) groups excluding carboxylic acids is 1. The highest BCUT2D eigenvalue weighted by Gasteiger charge is 2.19. The van der Waals surface area contributed by atoms with Crippen LogP contribution in [0.2, 0.25) is 0 Å². The molecular weight excluding hydrogens is 380 g/mol. The smallest absolute Gasteiger partial charge is 0.277 e. The third kappa shape index (κ3) is 3.98. The second-order valence-electron chi connectivity index (χ2n) is 7.09. The summed E-state index contributed by atoms with van der Waals surface area (Å²) in [6.45, 7) is 6.04. The summed E-state index contributed by atoms with van der Waals surface area (Å²) in [6, 6.07) is 22.1. The Labute approximate surface area is 174 Å². The van der Waals surface area contributed by atoms with Crippen molar-refractivity contribution >= 4 is 22.4 Å². The summed E-state index contributed by atoms with van der Waals surface area (Å²) < 4.78 is 1.85. The van der Waals surface area contributed by atoms with Crippen molar-refractivity contribution in [3.8, 4) is 21.7 Å². The Kier molecular flexibility index (Phi) is 5.27. The highest BCUT2D eigenvalue weighted by molar-refractivity contribution is 7.19. The standard InChI is InChI=1S/C23H22N4OS/c1-15(2)27-16(3)14-19(26-27)22(28)25-23-24-20(17-10-6-4-7-11-17)21(29-23)18-12-8-5-9-13-18/h4-15H,1-3H3,(H,24,25,28). The van der Waals surface area contributed by atoms with Gasteiger partial charge in [-0.15, -0.1) is 0 Å². The quantitative estimate of drug-likeness (QED) is 0.458. The maximum atomic E-state index is 12.8. The number of rotatable bonds is 5. The van der Waals surface area contributed by atoms with Crippen LogP contribution in [-0.4, -0.2) is 20.7 Å². The average Bonchev–Trinajstić information content (AvgIpc) is 3.33. The first-order valence-corrected chi connectivity index (χ1v) is 10.3. The van der Waals surface area contributed by atoms with Crippen molar-refractivity contribution in [2.75, 3.05) is 5.32 Å². The van der Waals surface area contributed by atoms with Crippen molar-refractivity contribution in [3.05, 3.63) is 78.1 Å². The van der Waals surface area contributed by atoms with E-state index in [1.165, 1.54) is 11.3 Å². The Balaban J connectivity index is 1.69. The average molecular weight is 403 g/mol. The molecule has 0 unspecified atom stereocenters. The van der Waals surface area contributed by atoms with Crippen LogP contribution in [0.15, 0.2) is 66.7 Å². The fourth-order valence-corrected chi connectivity index (χ4v) is 4.22. The molecule has 146 valence electrons. The summed E-state index contributed by atoms with van der Waals surface area (Å²) in [6.07, 6.45) is 0. The van der Waals surface area contributed by atoms with Crippen LogP contribution in [0, 0.1) is 6.92 Å². The summed E-state index contributed by atoms with van der Waals surface area (Å²) in [5.41, 5.74) is 4.31. The number of anilines is 1. The van der Waals surface area contributed by atoms with Gasteiger partial charge in [-0.05, 0) is 32.4 Å². The third-order valence-corrected chi connectivity index (χ3v) is 5.59. The molecule has 0 aliphatic rings. The van der Waals surface area contributed by atoms with Crippen LogP contribution < -0.4 is 5.32 Å². The minimum atomic E-state index is -0.250. The number of nitrogens with one attached hydrogen (secondary N) is 1. The maximum Gasteiger partial charge on any atom is 0.277 e. The molecule has 2 aromatic heterocycles. The van der Waals surface area contributed by atoms with Crippen molar-refractivity contribution in [1.29, 1.82) is 0 Å². The van der Waals surface area contributed by atoms with Crippen LogP contribution in [0.25, 0.3) is 21.7 Å². The molecule has 1 amide bonds. The topological polar surface area (TPSA) is 59.8 Å². The SMILES string of the molecule is Cc1cc(C(=O)Nc2nc(-c3ccccc3)c(-c3ccccc3)s2)nn1C(C)C. The Morgan fingerprint density at radius 2 is 1.62 bits per heavy atom. The zero-order valence-electron chi connectivity index (χ0n) is 16.6. The van der Waals surface area contributed by atoms with Gasteiger partial charge in [-0.1, -0.05) is 72.0 Å². The molecule has 0 bridgehead atoms. The van der Waals surface area contributed by atoms with Gasteiger partial charge in [0.15, 0.2) is 10.8 Å². The van der Waals surface area contributed by atoms with Crippen molar-refractivity contribution in [2.24, 2.45) is 0 Å².